The standard InChI is InChI=1S/C25H39N3O3/c1-20-10-11-21(2)23(19-20)31-18-8-5-9-24(29)27-16-14-26(15-17-27)22(3)25(30)28-12-6-4-7-13-28/h10-11,19,22H,4-9,12-18H2,1-3H3. The number of nitrogens with zero attached hydrogens (tertiary/aromatic N) is 3. The Hall–Kier alpha value is -2.08. The number of rotatable bonds is 8. The highest BCUT2D eigenvalue weighted by Gasteiger charge is 2.30. The maximum absolute atomic E-state index is 12.7. The minimum Gasteiger partial charge on any atom is -0.493 e. The molecule has 0 aromatic heterocycles. The van der Waals surface area contributed by atoms with E-state index in [-0.39, 0.29) is 17.9 Å². The summed E-state index contributed by atoms with van der Waals surface area (Å²) in [5.41, 5.74) is 2.34. The van der Waals surface area contributed by atoms with Gasteiger partial charge in [0, 0.05) is 45.7 Å². The molecule has 2 amide bonds. The third-order valence-corrected chi connectivity index (χ3v) is 6.63. The molecule has 0 radical (unpaired) electrons. The molecule has 2 aliphatic heterocycles. The van der Waals surface area contributed by atoms with E-state index in [9.17, 15) is 9.59 Å². The second-order valence-corrected chi connectivity index (χ2v) is 9.05. The summed E-state index contributed by atoms with van der Waals surface area (Å²) in [6.07, 6.45) is 5.76. The topological polar surface area (TPSA) is 53.1 Å². The van der Waals surface area contributed by atoms with Crippen molar-refractivity contribution in [2.24, 2.45) is 0 Å². The third kappa shape index (κ3) is 6.70. The molecule has 0 spiro atoms. The molecule has 1 aromatic rings. The lowest BCUT2D eigenvalue weighted by Crippen LogP contribution is -2.56. The number of carbonyl (C=O) groups is 2. The van der Waals surface area contributed by atoms with E-state index in [1.54, 1.807) is 0 Å². The molecule has 31 heavy (non-hydrogen) atoms. The number of hydrogen-bond donors (Lipinski definition) is 0. The molecule has 0 bridgehead atoms. The number of likely N-dealkylation sites (tertiary alicyclic amines) is 1. The second-order valence-electron chi connectivity index (χ2n) is 9.05. The van der Waals surface area contributed by atoms with Crippen LogP contribution in [-0.2, 0) is 9.59 Å². The van der Waals surface area contributed by atoms with Gasteiger partial charge in [0.1, 0.15) is 5.75 Å². The highest BCUT2D eigenvalue weighted by atomic mass is 16.5. The van der Waals surface area contributed by atoms with Gasteiger partial charge in [0.05, 0.1) is 12.6 Å². The fraction of sp³-hybridized carbons (Fsp3) is 0.680. The number of ether oxygens (including phenoxy) is 1. The lowest BCUT2D eigenvalue weighted by Gasteiger charge is -2.39. The molecule has 2 aliphatic rings. The first kappa shape index (κ1) is 23.6. The number of piperidine rings is 1. The number of unbranched alkanes of at least 4 members (excludes halogenated alkanes) is 1. The highest BCUT2D eigenvalue weighted by molar-refractivity contribution is 5.81. The Balaban J connectivity index is 1.32. The molecule has 6 heteroatoms. The average molecular weight is 430 g/mol. The van der Waals surface area contributed by atoms with Crippen molar-refractivity contribution < 1.29 is 14.3 Å². The maximum atomic E-state index is 12.7. The molecule has 1 atom stereocenters. The first-order valence-corrected chi connectivity index (χ1v) is 12.0. The van der Waals surface area contributed by atoms with Crippen LogP contribution in [0, 0.1) is 13.8 Å². The van der Waals surface area contributed by atoms with Crippen molar-refractivity contribution in [2.45, 2.75) is 65.3 Å². The molecule has 1 unspecified atom stereocenters. The summed E-state index contributed by atoms with van der Waals surface area (Å²) >= 11 is 0. The van der Waals surface area contributed by atoms with Gasteiger partial charge in [-0.25, -0.2) is 0 Å². The summed E-state index contributed by atoms with van der Waals surface area (Å²) in [6, 6.07) is 6.15. The van der Waals surface area contributed by atoms with Crippen LogP contribution in [0.5, 0.6) is 5.75 Å². The van der Waals surface area contributed by atoms with Gasteiger partial charge < -0.3 is 14.5 Å². The first-order valence-electron chi connectivity index (χ1n) is 12.0. The third-order valence-electron chi connectivity index (χ3n) is 6.63. The van der Waals surface area contributed by atoms with Crippen LogP contribution in [0.3, 0.4) is 0 Å². The van der Waals surface area contributed by atoms with E-state index in [1.165, 1.54) is 12.0 Å². The van der Waals surface area contributed by atoms with Gasteiger partial charge in [0.15, 0.2) is 0 Å². The fourth-order valence-corrected chi connectivity index (χ4v) is 4.47. The normalized spacial score (nSPS) is 18.7. The van der Waals surface area contributed by atoms with Crippen molar-refractivity contribution in [3.05, 3.63) is 29.3 Å². The minimum atomic E-state index is -0.0856. The predicted octanol–water partition coefficient (Wildman–Crippen LogP) is 3.40. The van der Waals surface area contributed by atoms with Gasteiger partial charge in [-0.3, -0.25) is 14.5 Å². The Labute approximate surface area is 187 Å². The number of amides is 2. The van der Waals surface area contributed by atoms with E-state index in [2.05, 4.69) is 36.9 Å². The van der Waals surface area contributed by atoms with Crippen molar-refractivity contribution in [2.75, 3.05) is 45.9 Å². The maximum Gasteiger partial charge on any atom is 0.239 e. The van der Waals surface area contributed by atoms with Crippen molar-refractivity contribution in [3.8, 4) is 5.75 Å². The summed E-state index contributed by atoms with van der Waals surface area (Å²) in [7, 11) is 0. The fourth-order valence-electron chi connectivity index (χ4n) is 4.47. The molecular formula is C25H39N3O3. The minimum absolute atomic E-state index is 0.0856. The largest absolute Gasteiger partial charge is 0.493 e. The van der Waals surface area contributed by atoms with Crippen molar-refractivity contribution in [3.63, 3.8) is 0 Å². The van der Waals surface area contributed by atoms with Crippen LogP contribution >= 0.6 is 0 Å². The van der Waals surface area contributed by atoms with Gasteiger partial charge in [-0.05, 0) is 70.1 Å². The Bertz CT molecular complexity index is 738. The molecule has 6 nitrogen and oxygen atoms in total. The van der Waals surface area contributed by atoms with Crippen LogP contribution in [0.25, 0.3) is 0 Å². The first-order chi connectivity index (χ1) is 15.0. The molecule has 0 N–H and O–H groups in total. The monoisotopic (exact) mass is 429 g/mol. The Kier molecular flexibility index (Phi) is 8.76. The van der Waals surface area contributed by atoms with Crippen molar-refractivity contribution in [1.82, 2.24) is 14.7 Å². The van der Waals surface area contributed by atoms with E-state index >= 15 is 0 Å². The SMILES string of the molecule is Cc1ccc(C)c(OCCCCC(=O)N2CCN(C(C)C(=O)N3CCCCC3)CC2)c1. The lowest BCUT2D eigenvalue weighted by atomic mass is 10.1. The van der Waals surface area contributed by atoms with Crippen LogP contribution in [-0.4, -0.2) is 78.4 Å². The Morgan fingerprint density at radius 2 is 1.65 bits per heavy atom. The zero-order chi connectivity index (χ0) is 22.2. The van der Waals surface area contributed by atoms with E-state index in [0.29, 0.717) is 13.0 Å². The van der Waals surface area contributed by atoms with Crippen LogP contribution in [0.1, 0.15) is 56.6 Å². The predicted molar refractivity (Wildman–Crippen MR) is 123 cm³/mol. The van der Waals surface area contributed by atoms with Gasteiger partial charge in [0.2, 0.25) is 11.8 Å². The zero-order valence-electron chi connectivity index (χ0n) is 19.6. The molecule has 2 saturated heterocycles. The second kappa shape index (κ2) is 11.5. The molecule has 0 aliphatic carbocycles. The van der Waals surface area contributed by atoms with E-state index in [4.69, 9.17) is 4.74 Å². The molecule has 2 heterocycles. The van der Waals surface area contributed by atoms with Gasteiger partial charge in [-0.2, -0.15) is 0 Å². The van der Waals surface area contributed by atoms with Gasteiger partial charge in [-0.15, -0.1) is 0 Å². The Morgan fingerprint density at radius 3 is 2.35 bits per heavy atom. The molecule has 1 aromatic carbocycles. The molecule has 0 saturated carbocycles. The van der Waals surface area contributed by atoms with Crippen LogP contribution in [0.2, 0.25) is 0 Å². The van der Waals surface area contributed by atoms with E-state index in [0.717, 1.165) is 76.3 Å². The number of carbonyl (C=O) groups excluding carboxylic acids is 2. The number of piperazine rings is 1. The van der Waals surface area contributed by atoms with E-state index < -0.39 is 0 Å². The molecule has 2 fully saturated rings. The van der Waals surface area contributed by atoms with Gasteiger partial charge in [-0.1, -0.05) is 12.1 Å². The summed E-state index contributed by atoms with van der Waals surface area (Å²) in [5, 5.41) is 0. The zero-order valence-corrected chi connectivity index (χ0v) is 19.6. The summed E-state index contributed by atoms with van der Waals surface area (Å²) in [5.74, 6) is 1.42. The number of aryl methyl sites for hydroxylation is 2. The van der Waals surface area contributed by atoms with Gasteiger partial charge in [0.25, 0.3) is 0 Å². The smallest absolute Gasteiger partial charge is 0.239 e. The summed E-state index contributed by atoms with van der Waals surface area (Å²) < 4.78 is 5.89. The average Bonchev–Trinajstić information content (AvgIpc) is 2.80. The van der Waals surface area contributed by atoms with Gasteiger partial charge >= 0.3 is 0 Å². The summed E-state index contributed by atoms with van der Waals surface area (Å²) in [6.45, 7) is 11.6. The molecular weight excluding hydrogens is 390 g/mol. The van der Waals surface area contributed by atoms with Crippen LogP contribution in [0.4, 0.5) is 0 Å². The number of benzene rings is 1. The van der Waals surface area contributed by atoms with Crippen molar-refractivity contribution >= 4 is 11.8 Å². The quantitative estimate of drug-likeness (QED) is 0.595. The summed E-state index contributed by atoms with van der Waals surface area (Å²) in [4.78, 5) is 31.5. The number of hydrogen-bond acceptors (Lipinski definition) is 4. The van der Waals surface area contributed by atoms with Crippen molar-refractivity contribution in [1.29, 1.82) is 0 Å². The lowest BCUT2D eigenvalue weighted by molar-refractivity contribution is -0.139. The van der Waals surface area contributed by atoms with Crippen LogP contribution < -0.4 is 4.74 Å². The molecule has 172 valence electrons. The van der Waals surface area contributed by atoms with E-state index in [1.807, 2.05) is 16.7 Å². The molecule has 3 rings (SSSR count). The Morgan fingerprint density at radius 1 is 0.935 bits per heavy atom. The highest BCUT2D eigenvalue weighted by Crippen LogP contribution is 2.20. The van der Waals surface area contributed by atoms with Crippen LogP contribution in [0.15, 0.2) is 18.2 Å².